The SMILES string of the molecule is CCC(C)C(C(=O)O)N(C)C(=O)Cc1ncc[nH]1. The van der Waals surface area contributed by atoms with Crippen molar-refractivity contribution in [1.29, 1.82) is 0 Å². The first-order chi connectivity index (χ1) is 8.47. The number of hydrogen-bond donors (Lipinski definition) is 2. The van der Waals surface area contributed by atoms with Crippen molar-refractivity contribution in [2.45, 2.75) is 32.7 Å². The van der Waals surface area contributed by atoms with Gasteiger partial charge in [0.2, 0.25) is 5.91 Å². The van der Waals surface area contributed by atoms with Gasteiger partial charge in [-0.1, -0.05) is 20.3 Å². The van der Waals surface area contributed by atoms with Gasteiger partial charge in [-0.2, -0.15) is 0 Å². The van der Waals surface area contributed by atoms with Crippen LogP contribution in [0.1, 0.15) is 26.1 Å². The van der Waals surface area contributed by atoms with E-state index in [0.717, 1.165) is 0 Å². The summed E-state index contributed by atoms with van der Waals surface area (Å²) < 4.78 is 0. The van der Waals surface area contributed by atoms with E-state index in [-0.39, 0.29) is 18.2 Å². The minimum absolute atomic E-state index is 0.0870. The maximum atomic E-state index is 12.0. The predicted octanol–water partition coefficient (Wildman–Crippen LogP) is 0.910. The molecule has 0 saturated carbocycles. The van der Waals surface area contributed by atoms with Crippen LogP contribution in [0.4, 0.5) is 0 Å². The van der Waals surface area contributed by atoms with Crippen molar-refractivity contribution < 1.29 is 14.7 Å². The Morgan fingerprint density at radius 1 is 1.56 bits per heavy atom. The molecule has 6 nitrogen and oxygen atoms in total. The van der Waals surface area contributed by atoms with Crippen LogP contribution < -0.4 is 0 Å². The van der Waals surface area contributed by atoms with Crippen LogP contribution in [0, 0.1) is 5.92 Å². The summed E-state index contributed by atoms with van der Waals surface area (Å²) in [5.41, 5.74) is 0. The molecule has 0 spiro atoms. The first-order valence-corrected chi connectivity index (χ1v) is 5.94. The van der Waals surface area contributed by atoms with Crippen LogP contribution in [-0.2, 0) is 16.0 Å². The summed E-state index contributed by atoms with van der Waals surface area (Å²) in [5, 5.41) is 9.20. The molecule has 0 radical (unpaired) electrons. The quantitative estimate of drug-likeness (QED) is 0.789. The topological polar surface area (TPSA) is 86.3 Å². The number of hydrogen-bond acceptors (Lipinski definition) is 3. The Labute approximate surface area is 106 Å². The first kappa shape index (κ1) is 14.2. The minimum Gasteiger partial charge on any atom is -0.480 e. The van der Waals surface area contributed by atoms with Crippen molar-refractivity contribution in [1.82, 2.24) is 14.9 Å². The molecule has 100 valence electrons. The number of rotatable bonds is 6. The van der Waals surface area contributed by atoms with Gasteiger partial charge in [-0.05, 0) is 5.92 Å². The fourth-order valence-electron chi connectivity index (χ4n) is 1.83. The van der Waals surface area contributed by atoms with Gasteiger partial charge in [-0.3, -0.25) is 4.79 Å². The molecule has 0 aromatic carbocycles. The van der Waals surface area contributed by atoms with Crippen LogP contribution in [0.3, 0.4) is 0 Å². The zero-order chi connectivity index (χ0) is 13.7. The molecule has 18 heavy (non-hydrogen) atoms. The van der Waals surface area contributed by atoms with Gasteiger partial charge in [0.05, 0.1) is 6.42 Å². The van der Waals surface area contributed by atoms with E-state index >= 15 is 0 Å². The van der Waals surface area contributed by atoms with Gasteiger partial charge in [0, 0.05) is 19.4 Å². The Bertz CT molecular complexity index is 403. The summed E-state index contributed by atoms with van der Waals surface area (Å²) in [6.07, 6.45) is 3.98. The highest BCUT2D eigenvalue weighted by atomic mass is 16.4. The lowest BCUT2D eigenvalue weighted by Gasteiger charge is -2.28. The molecular formula is C12H19N3O3. The summed E-state index contributed by atoms with van der Waals surface area (Å²) in [6.45, 7) is 3.74. The van der Waals surface area contributed by atoms with Crippen LogP contribution in [0.5, 0.6) is 0 Å². The van der Waals surface area contributed by atoms with Gasteiger partial charge in [0.1, 0.15) is 11.9 Å². The average Bonchev–Trinajstić information content (AvgIpc) is 2.81. The van der Waals surface area contributed by atoms with Gasteiger partial charge in [0.25, 0.3) is 0 Å². The van der Waals surface area contributed by atoms with Crippen molar-refractivity contribution in [2.24, 2.45) is 5.92 Å². The Morgan fingerprint density at radius 3 is 2.67 bits per heavy atom. The number of nitrogens with zero attached hydrogens (tertiary/aromatic N) is 2. The molecule has 0 aliphatic rings. The second kappa shape index (κ2) is 6.18. The normalized spacial score (nSPS) is 13.9. The third kappa shape index (κ3) is 3.32. The molecule has 0 aliphatic carbocycles. The minimum atomic E-state index is -0.973. The van der Waals surface area contributed by atoms with Crippen molar-refractivity contribution in [3.05, 3.63) is 18.2 Å². The Morgan fingerprint density at radius 2 is 2.22 bits per heavy atom. The number of aromatic nitrogens is 2. The van der Waals surface area contributed by atoms with Crippen LogP contribution in [0.2, 0.25) is 0 Å². The monoisotopic (exact) mass is 253 g/mol. The number of carboxylic acids is 1. The lowest BCUT2D eigenvalue weighted by molar-refractivity contribution is -0.151. The van der Waals surface area contributed by atoms with E-state index in [1.54, 1.807) is 12.4 Å². The highest BCUT2D eigenvalue weighted by molar-refractivity contribution is 5.84. The van der Waals surface area contributed by atoms with Crippen LogP contribution >= 0.6 is 0 Å². The number of aromatic amines is 1. The number of carboxylic acid groups (broad SMARTS) is 1. The van der Waals surface area contributed by atoms with Crippen molar-refractivity contribution >= 4 is 11.9 Å². The standard InChI is InChI=1S/C12H19N3O3/c1-4-8(2)11(12(17)18)15(3)10(16)7-9-13-5-6-14-9/h5-6,8,11H,4,7H2,1-3H3,(H,13,14)(H,17,18). The lowest BCUT2D eigenvalue weighted by Crippen LogP contribution is -2.46. The number of likely N-dealkylation sites (N-methyl/N-ethyl adjacent to an activating group) is 1. The van der Waals surface area contributed by atoms with Crippen LogP contribution in [0.15, 0.2) is 12.4 Å². The average molecular weight is 253 g/mol. The predicted molar refractivity (Wildman–Crippen MR) is 65.9 cm³/mol. The smallest absolute Gasteiger partial charge is 0.326 e. The summed E-state index contributed by atoms with van der Waals surface area (Å²) in [7, 11) is 1.52. The molecule has 6 heteroatoms. The lowest BCUT2D eigenvalue weighted by atomic mass is 9.98. The molecule has 2 atom stereocenters. The van der Waals surface area contributed by atoms with Gasteiger partial charge in [-0.15, -0.1) is 0 Å². The third-order valence-corrected chi connectivity index (χ3v) is 3.12. The Kier molecular flexibility index (Phi) is 4.88. The Balaban J connectivity index is 2.73. The van der Waals surface area contributed by atoms with E-state index in [0.29, 0.717) is 12.2 Å². The highest BCUT2D eigenvalue weighted by Gasteiger charge is 2.30. The zero-order valence-corrected chi connectivity index (χ0v) is 10.9. The fraction of sp³-hybridized carbons (Fsp3) is 0.583. The molecule has 1 aromatic rings. The maximum Gasteiger partial charge on any atom is 0.326 e. The number of nitrogens with one attached hydrogen (secondary N) is 1. The number of aliphatic carboxylic acids is 1. The third-order valence-electron chi connectivity index (χ3n) is 3.12. The molecular weight excluding hydrogens is 234 g/mol. The maximum absolute atomic E-state index is 12.0. The zero-order valence-electron chi connectivity index (χ0n) is 10.9. The van der Waals surface area contributed by atoms with E-state index in [1.807, 2.05) is 13.8 Å². The van der Waals surface area contributed by atoms with Gasteiger partial charge in [-0.25, -0.2) is 9.78 Å². The first-order valence-electron chi connectivity index (χ1n) is 5.94. The second-order valence-corrected chi connectivity index (χ2v) is 4.39. The molecule has 1 rings (SSSR count). The molecule has 0 aliphatic heterocycles. The molecule has 0 fully saturated rings. The summed E-state index contributed by atoms with van der Waals surface area (Å²) >= 11 is 0. The number of amides is 1. The molecule has 0 bridgehead atoms. The van der Waals surface area contributed by atoms with Gasteiger partial charge in [0.15, 0.2) is 0 Å². The van der Waals surface area contributed by atoms with Gasteiger partial charge >= 0.3 is 5.97 Å². The Hall–Kier alpha value is -1.85. The van der Waals surface area contributed by atoms with Crippen molar-refractivity contribution in [3.8, 4) is 0 Å². The fourth-order valence-corrected chi connectivity index (χ4v) is 1.83. The highest BCUT2D eigenvalue weighted by Crippen LogP contribution is 2.14. The van der Waals surface area contributed by atoms with Crippen molar-refractivity contribution in [3.63, 3.8) is 0 Å². The number of carbonyl (C=O) groups is 2. The van der Waals surface area contributed by atoms with Crippen LogP contribution in [-0.4, -0.2) is 44.9 Å². The molecule has 1 aromatic heterocycles. The molecule has 0 saturated heterocycles. The largest absolute Gasteiger partial charge is 0.480 e. The summed E-state index contributed by atoms with van der Waals surface area (Å²) in [6, 6.07) is -0.794. The number of carbonyl (C=O) groups excluding carboxylic acids is 1. The van der Waals surface area contributed by atoms with E-state index < -0.39 is 12.0 Å². The van der Waals surface area contributed by atoms with E-state index in [9.17, 15) is 14.7 Å². The molecule has 1 amide bonds. The van der Waals surface area contributed by atoms with Crippen molar-refractivity contribution in [2.75, 3.05) is 7.05 Å². The van der Waals surface area contributed by atoms with Gasteiger partial charge < -0.3 is 15.0 Å². The summed E-state index contributed by atoms with van der Waals surface area (Å²) in [4.78, 5) is 31.3. The van der Waals surface area contributed by atoms with E-state index in [2.05, 4.69) is 9.97 Å². The van der Waals surface area contributed by atoms with E-state index in [1.165, 1.54) is 11.9 Å². The molecule has 1 heterocycles. The summed E-state index contributed by atoms with van der Waals surface area (Å²) in [5.74, 6) is -0.773. The number of H-pyrrole nitrogens is 1. The van der Waals surface area contributed by atoms with E-state index in [4.69, 9.17) is 0 Å². The molecule has 2 unspecified atom stereocenters. The number of imidazole rings is 1. The molecule has 2 N–H and O–H groups in total. The van der Waals surface area contributed by atoms with Crippen LogP contribution in [0.25, 0.3) is 0 Å². The second-order valence-electron chi connectivity index (χ2n) is 4.39.